The van der Waals surface area contributed by atoms with Gasteiger partial charge in [-0.05, 0) is 12.3 Å². The van der Waals surface area contributed by atoms with E-state index in [1.54, 1.807) is 0 Å². The molecule has 0 aromatic heterocycles. The molecule has 0 saturated carbocycles. The monoisotopic (exact) mass is 180 g/mol. The minimum absolute atomic E-state index is 0.0366. The van der Waals surface area contributed by atoms with Crippen molar-refractivity contribution in [3.05, 3.63) is 11.6 Å². The maximum absolute atomic E-state index is 11.7. The molecule has 0 aliphatic heterocycles. The van der Waals surface area contributed by atoms with Gasteiger partial charge >= 0.3 is 12.1 Å². The lowest BCUT2D eigenvalue weighted by Crippen LogP contribution is -2.22. The number of rotatable bonds is 2. The molecule has 0 saturated heterocycles. The van der Waals surface area contributed by atoms with Crippen molar-refractivity contribution in [2.75, 3.05) is 0 Å². The van der Waals surface area contributed by atoms with Crippen LogP contribution in [0.5, 0.6) is 0 Å². The molecule has 1 N–H and O–H groups in total. The molecular weight excluding hydrogens is 173 g/mol. The first kappa shape index (κ1) is 9.09. The number of hydrogen-bond donors (Lipinski definition) is 1. The summed E-state index contributed by atoms with van der Waals surface area (Å²) in [7, 11) is 0. The van der Waals surface area contributed by atoms with Crippen molar-refractivity contribution in [2.45, 2.75) is 19.0 Å². The minimum Gasteiger partial charge on any atom is -0.478 e. The van der Waals surface area contributed by atoms with E-state index in [0.717, 1.165) is 6.08 Å². The molecule has 0 spiro atoms. The molecule has 0 bridgehead atoms. The van der Waals surface area contributed by atoms with Crippen molar-refractivity contribution in [2.24, 2.45) is 5.92 Å². The topological polar surface area (TPSA) is 37.3 Å². The summed E-state index contributed by atoms with van der Waals surface area (Å²) >= 11 is 0. The summed E-state index contributed by atoms with van der Waals surface area (Å²) in [6.45, 7) is 0. The number of alkyl halides is 3. The molecule has 1 aliphatic rings. The fraction of sp³-hybridized carbons (Fsp3) is 0.571. The molecule has 0 radical (unpaired) electrons. The normalized spacial score (nSPS) is 22.9. The standard InChI is InChI=1S/C7H7F3O2/c8-7(9,10)3-4-1-5(2-4)6(11)12/h1,4H,2-3H2,(H,11,12). The van der Waals surface area contributed by atoms with Crippen molar-refractivity contribution in [1.29, 1.82) is 0 Å². The van der Waals surface area contributed by atoms with E-state index >= 15 is 0 Å². The van der Waals surface area contributed by atoms with Crippen LogP contribution in [-0.2, 0) is 4.79 Å². The summed E-state index contributed by atoms with van der Waals surface area (Å²) in [5.74, 6) is -1.75. The van der Waals surface area contributed by atoms with Crippen molar-refractivity contribution in [3.8, 4) is 0 Å². The smallest absolute Gasteiger partial charge is 0.389 e. The molecule has 1 unspecified atom stereocenters. The number of aliphatic carboxylic acids is 1. The van der Waals surface area contributed by atoms with E-state index in [2.05, 4.69) is 0 Å². The zero-order chi connectivity index (χ0) is 9.35. The second-order valence-corrected chi connectivity index (χ2v) is 2.78. The van der Waals surface area contributed by atoms with Crippen LogP contribution in [0.4, 0.5) is 13.2 Å². The molecule has 68 valence electrons. The highest BCUT2D eigenvalue weighted by molar-refractivity contribution is 5.88. The minimum atomic E-state index is -4.19. The largest absolute Gasteiger partial charge is 0.478 e. The number of halogens is 3. The van der Waals surface area contributed by atoms with Gasteiger partial charge in [-0.1, -0.05) is 6.08 Å². The van der Waals surface area contributed by atoms with Crippen LogP contribution in [0.3, 0.4) is 0 Å². The Bertz CT molecular complexity index is 229. The highest BCUT2D eigenvalue weighted by Crippen LogP contribution is 2.35. The van der Waals surface area contributed by atoms with E-state index in [1.165, 1.54) is 0 Å². The second kappa shape index (κ2) is 2.80. The summed E-state index contributed by atoms with van der Waals surface area (Å²) in [5, 5.41) is 8.30. The third-order valence-electron chi connectivity index (χ3n) is 1.69. The second-order valence-electron chi connectivity index (χ2n) is 2.78. The van der Waals surface area contributed by atoms with Crippen LogP contribution in [0.2, 0.25) is 0 Å². The van der Waals surface area contributed by atoms with Crippen LogP contribution < -0.4 is 0 Å². The zero-order valence-electron chi connectivity index (χ0n) is 6.06. The molecule has 1 atom stereocenters. The van der Waals surface area contributed by atoms with Gasteiger partial charge in [0.1, 0.15) is 0 Å². The summed E-state index contributed by atoms with van der Waals surface area (Å²) in [6.07, 6.45) is -3.90. The van der Waals surface area contributed by atoms with E-state index in [-0.39, 0.29) is 12.0 Å². The fourth-order valence-corrected chi connectivity index (χ4v) is 1.12. The third kappa shape index (κ3) is 2.25. The maximum Gasteiger partial charge on any atom is 0.389 e. The van der Waals surface area contributed by atoms with E-state index in [0.29, 0.717) is 0 Å². The number of hydrogen-bond acceptors (Lipinski definition) is 1. The Labute approximate surface area is 66.7 Å². The van der Waals surface area contributed by atoms with Gasteiger partial charge in [-0.3, -0.25) is 0 Å². The van der Waals surface area contributed by atoms with Crippen LogP contribution in [0.15, 0.2) is 11.6 Å². The Balaban J connectivity index is 2.40. The van der Waals surface area contributed by atoms with Gasteiger partial charge in [-0.25, -0.2) is 4.79 Å². The highest BCUT2D eigenvalue weighted by atomic mass is 19.4. The Morgan fingerprint density at radius 2 is 2.17 bits per heavy atom. The van der Waals surface area contributed by atoms with Crippen LogP contribution in [0, 0.1) is 5.92 Å². The molecule has 1 rings (SSSR count). The lowest BCUT2D eigenvalue weighted by molar-refractivity contribution is -0.144. The highest BCUT2D eigenvalue weighted by Gasteiger charge is 2.35. The van der Waals surface area contributed by atoms with Crippen LogP contribution in [0.25, 0.3) is 0 Å². The van der Waals surface area contributed by atoms with Gasteiger partial charge in [0, 0.05) is 5.57 Å². The number of carboxylic acid groups (broad SMARTS) is 1. The predicted molar refractivity (Wildman–Crippen MR) is 34.5 cm³/mol. The molecule has 5 heteroatoms. The Morgan fingerprint density at radius 3 is 2.50 bits per heavy atom. The van der Waals surface area contributed by atoms with Gasteiger partial charge in [-0.15, -0.1) is 0 Å². The summed E-state index contributed by atoms with van der Waals surface area (Å²) in [4.78, 5) is 10.1. The van der Waals surface area contributed by atoms with Crippen molar-refractivity contribution in [3.63, 3.8) is 0 Å². The molecule has 0 aromatic rings. The first-order chi connectivity index (χ1) is 5.38. The van der Waals surface area contributed by atoms with E-state index in [4.69, 9.17) is 5.11 Å². The van der Waals surface area contributed by atoms with Gasteiger partial charge < -0.3 is 5.11 Å². The lowest BCUT2D eigenvalue weighted by Gasteiger charge is -2.23. The third-order valence-corrected chi connectivity index (χ3v) is 1.69. The predicted octanol–water partition coefficient (Wildman–Crippen LogP) is 1.97. The molecule has 0 amide bonds. The van der Waals surface area contributed by atoms with Crippen LogP contribution in [-0.4, -0.2) is 17.3 Å². The van der Waals surface area contributed by atoms with Gasteiger partial charge in [0.25, 0.3) is 0 Å². The van der Waals surface area contributed by atoms with Crippen molar-refractivity contribution < 1.29 is 23.1 Å². The first-order valence-electron chi connectivity index (χ1n) is 3.39. The van der Waals surface area contributed by atoms with Gasteiger partial charge in [-0.2, -0.15) is 13.2 Å². The zero-order valence-corrected chi connectivity index (χ0v) is 6.06. The number of carboxylic acids is 1. The average molecular weight is 180 g/mol. The summed E-state index contributed by atoms with van der Waals surface area (Å²) < 4.78 is 35.0. The van der Waals surface area contributed by atoms with Gasteiger partial charge in [0.2, 0.25) is 0 Å². The average Bonchev–Trinajstić information content (AvgIpc) is 1.74. The molecule has 0 aromatic carbocycles. The molecule has 2 nitrogen and oxygen atoms in total. The maximum atomic E-state index is 11.7. The van der Waals surface area contributed by atoms with Crippen LogP contribution in [0.1, 0.15) is 12.8 Å². The van der Waals surface area contributed by atoms with E-state index in [9.17, 15) is 18.0 Å². The Morgan fingerprint density at radius 1 is 1.67 bits per heavy atom. The molecule has 0 heterocycles. The lowest BCUT2D eigenvalue weighted by atomic mass is 9.84. The molecule has 1 aliphatic carbocycles. The summed E-state index contributed by atoms with van der Waals surface area (Å²) in [5.41, 5.74) is 0.0873. The quantitative estimate of drug-likeness (QED) is 0.705. The van der Waals surface area contributed by atoms with E-state index < -0.39 is 24.5 Å². The van der Waals surface area contributed by atoms with Gasteiger partial charge in [0.15, 0.2) is 0 Å². The van der Waals surface area contributed by atoms with Crippen molar-refractivity contribution >= 4 is 5.97 Å². The fourth-order valence-electron chi connectivity index (χ4n) is 1.12. The molecule has 12 heavy (non-hydrogen) atoms. The Hall–Kier alpha value is -1.00. The SMILES string of the molecule is O=C(O)C1=CC(CC(F)(F)F)C1. The first-order valence-corrected chi connectivity index (χ1v) is 3.39. The summed E-state index contributed by atoms with van der Waals surface area (Å²) in [6, 6.07) is 0. The van der Waals surface area contributed by atoms with Crippen LogP contribution >= 0.6 is 0 Å². The molecule has 0 fully saturated rings. The molecular formula is C7H7F3O2. The number of allylic oxidation sites excluding steroid dienone is 1. The van der Waals surface area contributed by atoms with Crippen molar-refractivity contribution in [1.82, 2.24) is 0 Å². The number of carbonyl (C=O) groups is 1. The van der Waals surface area contributed by atoms with E-state index in [1.807, 2.05) is 0 Å². The van der Waals surface area contributed by atoms with Gasteiger partial charge in [0.05, 0.1) is 6.42 Å². The Kier molecular flexibility index (Phi) is 2.12.